The zero-order valence-electron chi connectivity index (χ0n) is 19.6. The molecule has 0 bridgehead atoms. The molecular formula is C26H18Cl3IN2O4S2. The van der Waals surface area contributed by atoms with E-state index in [1.165, 1.54) is 0 Å². The lowest BCUT2D eigenvalue weighted by atomic mass is 10.1. The predicted octanol–water partition coefficient (Wildman–Crippen LogP) is 7.78. The lowest BCUT2D eigenvalue weighted by Gasteiger charge is -2.16. The number of ether oxygens (including phenoxy) is 2. The van der Waals surface area contributed by atoms with Crippen molar-refractivity contribution in [1.82, 2.24) is 10.4 Å². The fourth-order valence-electron chi connectivity index (χ4n) is 3.35. The lowest BCUT2D eigenvalue weighted by molar-refractivity contribution is -0.123. The average Bonchev–Trinajstić information content (AvgIpc) is 3.12. The van der Waals surface area contributed by atoms with Crippen molar-refractivity contribution in [2.45, 2.75) is 13.5 Å². The van der Waals surface area contributed by atoms with E-state index in [2.05, 4.69) is 28.0 Å². The number of benzene rings is 3. The van der Waals surface area contributed by atoms with Gasteiger partial charge in [0.25, 0.3) is 11.8 Å². The van der Waals surface area contributed by atoms with Crippen molar-refractivity contribution in [3.05, 3.63) is 94.8 Å². The number of hydrogen-bond acceptors (Lipinski definition) is 6. The van der Waals surface area contributed by atoms with E-state index in [4.69, 9.17) is 56.5 Å². The van der Waals surface area contributed by atoms with Crippen molar-refractivity contribution in [3.8, 4) is 11.5 Å². The van der Waals surface area contributed by atoms with Gasteiger partial charge in [0.1, 0.15) is 6.61 Å². The molecule has 1 aliphatic rings. The Hall–Kier alpha value is -2.02. The van der Waals surface area contributed by atoms with Crippen LogP contribution in [0.3, 0.4) is 0 Å². The number of hydrazine groups is 1. The smallest absolute Gasteiger partial charge is 0.285 e. The van der Waals surface area contributed by atoms with Crippen LogP contribution in [0.1, 0.15) is 28.4 Å². The van der Waals surface area contributed by atoms with Crippen LogP contribution >= 0.6 is 81.4 Å². The first kappa shape index (κ1) is 29.0. The molecule has 0 saturated carbocycles. The molecule has 1 aliphatic heterocycles. The number of carbonyl (C=O) groups excluding carboxylic acids is 2. The number of amides is 2. The van der Waals surface area contributed by atoms with Crippen LogP contribution < -0.4 is 14.9 Å². The molecule has 196 valence electrons. The van der Waals surface area contributed by atoms with Crippen molar-refractivity contribution >= 4 is 104 Å². The number of rotatable bonds is 8. The van der Waals surface area contributed by atoms with Gasteiger partial charge in [-0.1, -0.05) is 52.6 Å². The van der Waals surface area contributed by atoms with Gasteiger partial charge >= 0.3 is 0 Å². The molecule has 0 radical (unpaired) electrons. The molecule has 4 rings (SSSR count). The molecule has 0 spiro atoms. The number of hydrogen-bond donors (Lipinski definition) is 1. The first-order valence-corrected chi connectivity index (χ1v) is 14.5. The molecule has 3 aromatic rings. The maximum atomic E-state index is 13.1. The number of thiocarbonyl (C=S) groups is 1. The fraction of sp³-hybridized carbons (Fsp3) is 0.115. The summed E-state index contributed by atoms with van der Waals surface area (Å²) < 4.78 is 12.9. The Morgan fingerprint density at radius 1 is 1.08 bits per heavy atom. The highest BCUT2D eigenvalue weighted by Gasteiger charge is 2.34. The summed E-state index contributed by atoms with van der Waals surface area (Å²) in [7, 11) is 0. The number of carbonyl (C=O) groups is 2. The Morgan fingerprint density at radius 2 is 1.79 bits per heavy atom. The molecule has 38 heavy (non-hydrogen) atoms. The van der Waals surface area contributed by atoms with Crippen LogP contribution in [-0.2, 0) is 11.4 Å². The van der Waals surface area contributed by atoms with Gasteiger partial charge < -0.3 is 9.47 Å². The normalized spacial score (nSPS) is 14.2. The van der Waals surface area contributed by atoms with Crippen LogP contribution in [0.25, 0.3) is 6.08 Å². The molecule has 1 N–H and O–H groups in total. The molecule has 0 unspecified atom stereocenters. The molecular weight excluding hydrogens is 702 g/mol. The first-order valence-electron chi connectivity index (χ1n) is 11.0. The van der Waals surface area contributed by atoms with E-state index >= 15 is 0 Å². The Kier molecular flexibility index (Phi) is 9.83. The van der Waals surface area contributed by atoms with Crippen molar-refractivity contribution in [2.24, 2.45) is 0 Å². The highest BCUT2D eigenvalue weighted by molar-refractivity contribution is 14.1. The van der Waals surface area contributed by atoms with Crippen molar-refractivity contribution < 1.29 is 19.1 Å². The van der Waals surface area contributed by atoms with Gasteiger partial charge in [0.15, 0.2) is 15.8 Å². The van der Waals surface area contributed by atoms with E-state index < -0.39 is 11.8 Å². The van der Waals surface area contributed by atoms with E-state index in [0.717, 1.165) is 25.9 Å². The zero-order valence-corrected chi connectivity index (χ0v) is 25.7. The highest BCUT2D eigenvalue weighted by Crippen LogP contribution is 2.38. The van der Waals surface area contributed by atoms with Crippen LogP contribution in [0.5, 0.6) is 11.5 Å². The van der Waals surface area contributed by atoms with E-state index in [1.807, 2.05) is 13.0 Å². The second kappa shape index (κ2) is 12.9. The molecule has 1 saturated heterocycles. The maximum absolute atomic E-state index is 13.1. The molecule has 6 nitrogen and oxygen atoms in total. The molecule has 0 atom stereocenters. The number of nitrogens with zero attached hydrogens (tertiary/aromatic N) is 1. The van der Waals surface area contributed by atoms with E-state index in [0.29, 0.717) is 49.2 Å². The van der Waals surface area contributed by atoms with Gasteiger partial charge in [-0.25, -0.2) is 0 Å². The zero-order chi connectivity index (χ0) is 27.4. The van der Waals surface area contributed by atoms with E-state index in [9.17, 15) is 9.59 Å². The minimum Gasteiger partial charge on any atom is -0.490 e. The summed E-state index contributed by atoms with van der Waals surface area (Å²) in [6.45, 7) is 2.50. The number of halogens is 4. The SMILES string of the molecule is CCOc1cc(/C=C2/SC(=S)N(NC(=O)c3ccc(Cl)cc3)C2=O)cc(I)c1OCc1ccc(Cl)cc1Cl. The third-order valence-corrected chi connectivity index (χ3v) is 8.07. The second-order valence-electron chi connectivity index (χ2n) is 7.75. The predicted molar refractivity (Wildman–Crippen MR) is 165 cm³/mol. The van der Waals surface area contributed by atoms with Crippen LogP contribution in [-0.4, -0.2) is 27.8 Å². The summed E-state index contributed by atoms with van der Waals surface area (Å²) in [6.07, 6.45) is 1.69. The maximum Gasteiger partial charge on any atom is 0.285 e. The second-order valence-corrected chi connectivity index (χ2v) is 11.9. The van der Waals surface area contributed by atoms with Crippen LogP contribution in [0.2, 0.25) is 15.1 Å². The van der Waals surface area contributed by atoms with Gasteiger partial charge in [-0.3, -0.25) is 15.0 Å². The standard InChI is InChI=1S/C26H18Cl3IN2O4S2/c1-2-35-21-10-14(9-20(30)23(21)36-13-16-5-8-18(28)12-19(16)29)11-22-25(34)32(26(37)38-22)31-24(33)15-3-6-17(27)7-4-15/h3-12H,2,13H2,1H3,(H,31,33)/b22-11+. The van der Waals surface area contributed by atoms with Gasteiger partial charge in [0.05, 0.1) is 15.1 Å². The summed E-state index contributed by atoms with van der Waals surface area (Å²) in [5, 5.41) is 2.61. The van der Waals surface area contributed by atoms with Crippen LogP contribution in [0.15, 0.2) is 59.5 Å². The molecule has 1 heterocycles. The lowest BCUT2D eigenvalue weighted by Crippen LogP contribution is -2.44. The van der Waals surface area contributed by atoms with Crippen molar-refractivity contribution in [2.75, 3.05) is 6.61 Å². The molecule has 0 aromatic heterocycles. The van der Waals surface area contributed by atoms with E-state index in [-0.39, 0.29) is 10.9 Å². The molecule has 1 fully saturated rings. The summed E-state index contributed by atoms with van der Waals surface area (Å²) in [5.74, 6) is 0.156. The highest BCUT2D eigenvalue weighted by atomic mass is 127. The van der Waals surface area contributed by atoms with Crippen LogP contribution in [0, 0.1) is 3.57 Å². The van der Waals surface area contributed by atoms with Gasteiger partial charge in [-0.05, 0) is 102 Å². The molecule has 2 amide bonds. The minimum atomic E-state index is -0.477. The van der Waals surface area contributed by atoms with Crippen LogP contribution in [0.4, 0.5) is 0 Å². The third-order valence-electron chi connectivity index (χ3n) is 5.13. The quantitative estimate of drug-likeness (QED) is 0.146. The summed E-state index contributed by atoms with van der Waals surface area (Å²) >= 11 is 26.7. The minimum absolute atomic E-state index is 0.211. The van der Waals surface area contributed by atoms with Crippen molar-refractivity contribution in [3.63, 3.8) is 0 Å². The molecule has 3 aromatic carbocycles. The first-order chi connectivity index (χ1) is 18.2. The fourth-order valence-corrected chi connectivity index (χ4v) is 5.90. The van der Waals surface area contributed by atoms with Gasteiger partial charge in [0.2, 0.25) is 0 Å². The largest absolute Gasteiger partial charge is 0.490 e. The summed E-state index contributed by atoms with van der Waals surface area (Å²) in [5.41, 5.74) is 4.39. The summed E-state index contributed by atoms with van der Waals surface area (Å²) in [6, 6.07) is 15.2. The Balaban J connectivity index is 1.53. The van der Waals surface area contributed by atoms with E-state index in [1.54, 1.807) is 54.6 Å². The van der Waals surface area contributed by atoms with Crippen molar-refractivity contribution in [1.29, 1.82) is 0 Å². The average molecular weight is 720 g/mol. The monoisotopic (exact) mass is 718 g/mol. The molecule has 12 heteroatoms. The molecule has 0 aliphatic carbocycles. The Labute approximate surface area is 257 Å². The van der Waals surface area contributed by atoms with Gasteiger partial charge in [0, 0.05) is 26.2 Å². The van der Waals surface area contributed by atoms with Gasteiger partial charge in [-0.2, -0.15) is 5.01 Å². The summed E-state index contributed by atoms with van der Waals surface area (Å²) in [4.78, 5) is 26.0. The Bertz CT molecular complexity index is 1450. The topological polar surface area (TPSA) is 67.9 Å². The Morgan fingerprint density at radius 3 is 2.47 bits per heavy atom. The number of thioether (sulfide) groups is 1. The third kappa shape index (κ3) is 6.94. The van der Waals surface area contributed by atoms with Gasteiger partial charge in [-0.15, -0.1) is 0 Å². The number of nitrogens with one attached hydrogen (secondary N) is 1.